The summed E-state index contributed by atoms with van der Waals surface area (Å²) in [5.74, 6) is 0. The van der Waals surface area contributed by atoms with Gasteiger partial charge in [-0.1, -0.05) is 6.07 Å². The van der Waals surface area contributed by atoms with E-state index in [4.69, 9.17) is 0 Å². The van der Waals surface area contributed by atoms with Gasteiger partial charge in [-0.2, -0.15) is 15.4 Å². The molecule has 2 N–H and O–H groups in total. The molecule has 4 rings (SSSR count). The van der Waals surface area contributed by atoms with Crippen LogP contribution in [-0.4, -0.2) is 30.6 Å². The Hall–Kier alpha value is -2.76. The zero-order chi connectivity index (χ0) is 12.8. The molecule has 0 atom stereocenters. The van der Waals surface area contributed by atoms with Gasteiger partial charge in [0.1, 0.15) is 5.52 Å². The molecule has 1 aromatic carbocycles. The molecule has 0 radical (unpaired) electrons. The molecule has 0 saturated heterocycles. The zero-order valence-electron chi connectivity index (χ0n) is 10.2. The van der Waals surface area contributed by atoms with Crippen molar-refractivity contribution in [2.45, 2.75) is 6.92 Å². The molecule has 3 aromatic heterocycles. The van der Waals surface area contributed by atoms with Gasteiger partial charge in [0.15, 0.2) is 0 Å². The minimum absolute atomic E-state index is 0.626. The Bertz CT molecular complexity index is 888. The second-order valence-corrected chi connectivity index (χ2v) is 4.44. The van der Waals surface area contributed by atoms with E-state index in [0.29, 0.717) is 5.65 Å². The monoisotopic (exact) mass is 250 g/mol. The Morgan fingerprint density at radius 2 is 1.84 bits per heavy atom. The summed E-state index contributed by atoms with van der Waals surface area (Å²) in [6.07, 6.45) is 0. The van der Waals surface area contributed by atoms with Gasteiger partial charge in [0.25, 0.3) is 0 Å². The van der Waals surface area contributed by atoms with Gasteiger partial charge in [0.05, 0.1) is 11.2 Å². The van der Waals surface area contributed by atoms with Gasteiger partial charge in [0.2, 0.25) is 5.65 Å². The van der Waals surface area contributed by atoms with Crippen LogP contribution in [0, 0.1) is 6.92 Å². The van der Waals surface area contributed by atoms with E-state index in [9.17, 15) is 0 Å². The molecular weight excluding hydrogens is 240 g/mol. The lowest BCUT2D eigenvalue weighted by Gasteiger charge is -2.00. The van der Waals surface area contributed by atoms with Gasteiger partial charge in [-0.15, -0.1) is 5.10 Å². The number of H-pyrrole nitrogens is 2. The summed E-state index contributed by atoms with van der Waals surface area (Å²) >= 11 is 0. The topological polar surface area (TPSA) is 83.1 Å². The number of hydrogen-bond acceptors (Lipinski definition) is 4. The summed E-state index contributed by atoms with van der Waals surface area (Å²) < 4.78 is 0. The van der Waals surface area contributed by atoms with Crippen molar-refractivity contribution in [1.82, 2.24) is 30.6 Å². The summed E-state index contributed by atoms with van der Waals surface area (Å²) in [6.45, 7) is 2.01. The highest BCUT2D eigenvalue weighted by Crippen LogP contribution is 2.24. The molecule has 0 spiro atoms. The van der Waals surface area contributed by atoms with Crippen LogP contribution in [0.5, 0.6) is 0 Å². The van der Waals surface area contributed by atoms with E-state index in [1.54, 1.807) is 0 Å². The number of aryl methyl sites for hydroxylation is 1. The molecule has 6 heteroatoms. The largest absolute Gasteiger partial charge is 0.282 e. The summed E-state index contributed by atoms with van der Waals surface area (Å²) in [7, 11) is 0. The molecule has 19 heavy (non-hydrogen) atoms. The number of rotatable bonds is 1. The number of nitrogens with zero attached hydrogens (tertiary/aromatic N) is 4. The first-order valence-electron chi connectivity index (χ1n) is 5.94. The molecule has 0 unspecified atom stereocenters. The Morgan fingerprint density at radius 1 is 0.947 bits per heavy atom. The zero-order valence-corrected chi connectivity index (χ0v) is 10.2. The smallest absolute Gasteiger partial charge is 0.202 e. The number of aromatic amines is 2. The second kappa shape index (κ2) is 3.61. The first kappa shape index (κ1) is 10.2. The minimum atomic E-state index is 0.626. The lowest BCUT2D eigenvalue weighted by molar-refractivity contribution is 0.954. The van der Waals surface area contributed by atoms with Crippen molar-refractivity contribution in [3.05, 3.63) is 36.0 Å². The molecule has 0 amide bonds. The molecule has 4 aromatic rings. The van der Waals surface area contributed by atoms with Crippen LogP contribution < -0.4 is 0 Å². The predicted molar refractivity (Wildman–Crippen MR) is 71.5 cm³/mol. The quantitative estimate of drug-likeness (QED) is 0.542. The average Bonchev–Trinajstić information content (AvgIpc) is 3.05. The van der Waals surface area contributed by atoms with Crippen molar-refractivity contribution in [2.75, 3.05) is 0 Å². The standard InChI is InChI=1S/C13H10N6/c1-7-9-6-8(2-3-11(9)16-15-7)10-4-5-12-13(14-10)18-19-17-12/h2-6H,1H3,(H,15,16)(H,14,17,18,19). The van der Waals surface area contributed by atoms with Crippen LogP contribution in [0.25, 0.3) is 33.3 Å². The maximum Gasteiger partial charge on any atom is 0.202 e. The van der Waals surface area contributed by atoms with E-state index in [0.717, 1.165) is 33.4 Å². The molecule has 0 aliphatic carbocycles. The summed E-state index contributed by atoms with van der Waals surface area (Å²) in [5.41, 5.74) is 5.33. The molecule has 0 fully saturated rings. The van der Waals surface area contributed by atoms with Crippen molar-refractivity contribution in [1.29, 1.82) is 0 Å². The molecule has 92 valence electrons. The van der Waals surface area contributed by atoms with Gasteiger partial charge in [0, 0.05) is 16.6 Å². The summed E-state index contributed by atoms with van der Waals surface area (Å²) in [4.78, 5) is 4.49. The first-order chi connectivity index (χ1) is 9.31. The molecular formula is C13H10N6. The maximum absolute atomic E-state index is 4.49. The Balaban J connectivity index is 1.94. The van der Waals surface area contributed by atoms with Crippen LogP contribution in [0.4, 0.5) is 0 Å². The number of benzene rings is 1. The summed E-state index contributed by atoms with van der Waals surface area (Å²) in [6, 6.07) is 9.94. The first-order valence-corrected chi connectivity index (χ1v) is 5.94. The lowest BCUT2D eigenvalue weighted by Crippen LogP contribution is -1.85. The van der Waals surface area contributed by atoms with E-state index >= 15 is 0 Å². The number of nitrogens with one attached hydrogen (secondary N) is 2. The minimum Gasteiger partial charge on any atom is -0.282 e. The van der Waals surface area contributed by atoms with Crippen molar-refractivity contribution in [3.8, 4) is 11.3 Å². The van der Waals surface area contributed by atoms with Gasteiger partial charge in [-0.3, -0.25) is 5.10 Å². The van der Waals surface area contributed by atoms with Crippen LogP contribution in [0.15, 0.2) is 30.3 Å². The third-order valence-corrected chi connectivity index (χ3v) is 3.22. The van der Waals surface area contributed by atoms with E-state index in [-0.39, 0.29) is 0 Å². The van der Waals surface area contributed by atoms with Gasteiger partial charge in [-0.25, -0.2) is 4.98 Å². The van der Waals surface area contributed by atoms with Crippen LogP contribution >= 0.6 is 0 Å². The number of pyridine rings is 1. The van der Waals surface area contributed by atoms with Crippen molar-refractivity contribution in [2.24, 2.45) is 0 Å². The van der Waals surface area contributed by atoms with Crippen LogP contribution in [0.1, 0.15) is 5.69 Å². The fourth-order valence-electron chi connectivity index (χ4n) is 2.20. The van der Waals surface area contributed by atoms with E-state index < -0.39 is 0 Å². The fourth-order valence-corrected chi connectivity index (χ4v) is 2.20. The number of aromatic nitrogens is 6. The maximum atomic E-state index is 4.49. The lowest BCUT2D eigenvalue weighted by atomic mass is 10.1. The normalized spacial score (nSPS) is 11.4. The highest BCUT2D eigenvalue weighted by Gasteiger charge is 2.07. The molecule has 6 nitrogen and oxygen atoms in total. The fraction of sp³-hybridized carbons (Fsp3) is 0.0769. The van der Waals surface area contributed by atoms with Crippen molar-refractivity contribution in [3.63, 3.8) is 0 Å². The van der Waals surface area contributed by atoms with Gasteiger partial charge >= 0.3 is 0 Å². The van der Waals surface area contributed by atoms with Gasteiger partial charge < -0.3 is 0 Å². The number of hydrogen-bond donors (Lipinski definition) is 2. The van der Waals surface area contributed by atoms with Gasteiger partial charge in [-0.05, 0) is 31.2 Å². The second-order valence-electron chi connectivity index (χ2n) is 4.44. The van der Waals surface area contributed by atoms with E-state index in [1.165, 1.54) is 0 Å². The highest BCUT2D eigenvalue weighted by molar-refractivity contribution is 5.86. The van der Waals surface area contributed by atoms with Crippen LogP contribution in [0.3, 0.4) is 0 Å². The highest BCUT2D eigenvalue weighted by atomic mass is 15.3. The van der Waals surface area contributed by atoms with Crippen molar-refractivity contribution >= 4 is 22.1 Å². The van der Waals surface area contributed by atoms with Crippen molar-refractivity contribution < 1.29 is 0 Å². The third-order valence-electron chi connectivity index (χ3n) is 3.22. The van der Waals surface area contributed by atoms with Crippen LogP contribution in [-0.2, 0) is 0 Å². The third kappa shape index (κ3) is 1.50. The molecule has 0 bridgehead atoms. The van der Waals surface area contributed by atoms with Crippen LogP contribution in [0.2, 0.25) is 0 Å². The SMILES string of the molecule is Cc1[nH]nc2ccc(-c3ccc4n[nH]nc4n3)cc12. The number of fused-ring (bicyclic) bond motifs is 2. The van der Waals surface area contributed by atoms with E-state index in [1.807, 2.05) is 31.2 Å². The molecule has 0 aliphatic heterocycles. The Morgan fingerprint density at radius 3 is 2.79 bits per heavy atom. The molecule has 0 aliphatic rings. The predicted octanol–water partition coefficient (Wildman–Crippen LogP) is 2.20. The summed E-state index contributed by atoms with van der Waals surface area (Å²) in [5, 5.41) is 18.9. The van der Waals surface area contributed by atoms with E-state index in [2.05, 4.69) is 36.7 Å². The molecule has 3 heterocycles. The molecule has 0 saturated carbocycles. The Labute approximate surface area is 107 Å². The average molecular weight is 250 g/mol. The Kier molecular flexibility index (Phi) is 1.94.